The Labute approximate surface area is 213 Å². The zero-order valence-corrected chi connectivity index (χ0v) is 20.6. The van der Waals surface area contributed by atoms with E-state index in [2.05, 4.69) is 16.0 Å². The number of hydrogen-bond acceptors (Lipinski definition) is 8. The Morgan fingerprint density at radius 3 is 1.86 bits per heavy atom. The van der Waals surface area contributed by atoms with Crippen molar-refractivity contribution < 1.29 is 39.0 Å². The Bertz CT molecular complexity index is 999. The molecule has 14 heteroatoms. The number of amides is 5. The molecule has 14 nitrogen and oxygen atoms in total. The number of primary amides is 2. The van der Waals surface area contributed by atoms with Gasteiger partial charge < -0.3 is 43.4 Å². The first-order valence-corrected chi connectivity index (χ1v) is 11.5. The molecule has 11 N–H and O–H groups in total. The van der Waals surface area contributed by atoms with Crippen LogP contribution in [0, 0.1) is 5.92 Å². The van der Waals surface area contributed by atoms with Crippen LogP contribution >= 0.6 is 0 Å². The fraction of sp³-hybridized carbons (Fsp3) is 0.478. The zero-order chi connectivity index (χ0) is 28.3. The van der Waals surface area contributed by atoms with Crippen molar-refractivity contribution >= 4 is 35.5 Å². The summed E-state index contributed by atoms with van der Waals surface area (Å²) < 4.78 is 0. The third kappa shape index (κ3) is 10.5. The van der Waals surface area contributed by atoms with Gasteiger partial charge in [0.25, 0.3) is 0 Å². The summed E-state index contributed by atoms with van der Waals surface area (Å²) in [5.74, 6) is -6.24. The fourth-order valence-electron chi connectivity index (χ4n) is 3.28. The lowest BCUT2D eigenvalue weighted by molar-refractivity contribution is -0.144. The fourth-order valence-corrected chi connectivity index (χ4v) is 3.28. The lowest BCUT2D eigenvalue weighted by atomic mass is 9.96. The van der Waals surface area contributed by atoms with Gasteiger partial charge in [0.1, 0.15) is 23.9 Å². The predicted octanol–water partition coefficient (Wildman–Crippen LogP) is -2.40. The summed E-state index contributed by atoms with van der Waals surface area (Å²) in [4.78, 5) is 72.4. The number of benzene rings is 1. The van der Waals surface area contributed by atoms with Gasteiger partial charge in [-0.05, 0) is 23.6 Å². The molecule has 0 aliphatic carbocycles. The van der Waals surface area contributed by atoms with Gasteiger partial charge in [-0.15, -0.1) is 0 Å². The van der Waals surface area contributed by atoms with Crippen LogP contribution in [-0.2, 0) is 35.2 Å². The molecule has 5 amide bonds. The van der Waals surface area contributed by atoms with E-state index < -0.39 is 78.4 Å². The third-order valence-electron chi connectivity index (χ3n) is 5.58. The number of rotatable bonds is 15. The van der Waals surface area contributed by atoms with E-state index in [0.717, 1.165) is 0 Å². The normalized spacial score (nSPS) is 14.8. The number of carbonyl (C=O) groups excluding carboxylic acids is 5. The molecule has 1 rings (SSSR count). The number of nitrogens with one attached hydrogen (secondary N) is 3. The lowest BCUT2D eigenvalue weighted by Crippen LogP contribution is -2.59. The van der Waals surface area contributed by atoms with Gasteiger partial charge in [-0.25, -0.2) is 4.79 Å². The minimum absolute atomic E-state index is 0.0188. The smallest absolute Gasteiger partial charge is 0.326 e. The molecule has 5 unspecified atom stereocenters. The molecule has 0 aliphatic rings. The highest BCUT2D eigenvalue weighted by molar-refractivity contribution is 5.95. The Balaban J connectivity index is 3.18. The zero-order valence-electron chi connectivity index (χ0n) is 20.6. The second-order valence-corrected chi connectivity index (χ2v) is 8.65. The second-order valence-electron chi connectivity index (χ2n) is 8.65. The first-order valence-electron chi connectivity index (χ1n) is 11.5. The van der Waals surface area contributed by atoms with Gasteiger partial charge in [-0.3, -0.25) is 24.0 Å². The lowest BCUT2D eigenvalue weighted by Gasteiger charge is -2.28. The van der Waals surface area contributed by atoms with Crippen molar-refractivity contribution in [2.75, 3.05) is 0 Å². The predicted molar refractivity (Wildman–Crippen MR) is 130 cm³/mol. The summed E-state index contributed by atoms with van der Waals surface area (Å²) in [6, 6.07) is 0.369. The molecule has 204 valence electrons. The molecule has 37 heavy (non-hydrogen) atoms. The molecule has 0 aromatic heterocycles. The highest BCUT2D eigenvalue weighted by Crippen LogP contribution is 2.13. The van der Waals surface area contributed by atoms with Crippen LogP contribution in [0.15, 0.2) is 24.3 Å². The average Bonchev–Trinajstić information content (AvgIpc) is 2.81. The number of phenols is 1. The van der Waals surface area contributed by atoms with Crippen molar-refractivity contribution in [3.8, 4) is 5.75 Å². The molecule has 0 saturated heterocycles. The molecule has 5 atom stereocenters. The molecule has 0 bridgehead atoms. The van der Waals surface area contributed by atoms with E-state index in [9.17, 15) is 39.0 Å². The average molecular weight is 523 g/mol. The molecule has 1 aromatic rings. The second kappa shape index (κ2) is 14.4. The Morgan fingerprint density at radius 2 is 1.38 bits per heavy atom. The van der Waals surface area contributed by atoms with E-state index in [0.29, 0.717) is 12.0 Å². The van der Waals surface area contributed by atoms with E-state index in [1.54, 1.807) is 13.8 Å². The number of carboxylic acids is 1. The van der Waals surface area contributed by atoms with Crippen LogP contribution in [0.3, 0.4) is 0 Å². The summed E-state index contributed by atoms with van der Waals surface area (Å²) in [5, 5.41) is 26.0. The number of aromatic hydroxyl groups is 1. The van der Waals surface area contributed by atoms with Crippen molar-refractivity contribution in [2.24, 2.45) is 23.1 Å². The van der Waals surface area contributed by atoms with E-state index >= 15 is 0 Å². The highest BCUT2D eigenvalue weighted by Gasteiger charge is 2.33. The number of carbonyl (C=O) groups is 6. The molecule has 0 saturated carbocycles. The Hall–Kier alpha value is -4.20. The largest absolute Gasteiger partial charge is 0.508 e. The number of carboxylic acid groups (broad SMARTS) is 1. The first kappa shape index (κ1) is 30.8. The maximum atomic E-state index is 13.2. The SMILES string of the molecule is CCC(C)C(NC(=O)C(Cc1ccc(O)cc1)NC(=O)C(N)CC(N)=O)C(=O)NC(CC(N)=O)C(=O)O. The molecule has 0 radical (unpaired) electrons. The van der Waals surface area contributed by atoms with Gasteiger partial charge in [0, 0.05) is 6.42 Å². The minimum atomic E-state index is -1.60. The van der Waals surface area contributed by atoms with Gasteiger partial charge in [-0.1, -0.05) is 32.4 Å². The monoisotopic (exact) mass is 522 g/mol. The van der Waals surface area contributed by atoms with E-state index in [1.165, 1.54) is 24.3 Å². The number of nitrogens with two attached hydrogens (primary N) is 3. The summed E-state index contributed by atoms with van der Waals surface area (Å²) in [6.07, 6.45) is -0.785. The standard InChI is InChI=1S/C23H34N6O8/c1-3-11(2)19(22(35)28-16(23(36)37)10-18(26)32)29-21(34)15(8-12-4-6-13(30)7-5-12)27-20(33)14(24)9-17(25)31/h4-7,11,14-16,19,30H,3,8-10,24H2,1-2H3,(H2,25,31)(H2,26,32)(H,27,33)(H,28,35)(H,29,34)(H,36,37). The molecule has 0 heterocycles. The molecular weight excluding hydrogens is 488 g/mol. The molecule has 0 spiro atoms. The molecule has 0 fully saturated rings. The van der Waals surface area contributed by atoms with Crippen LogP contribution in [0.1, 0.15) is 38.7 Å². The Morgan fingerprint density at radius 1 is 0.838 bits per heavy atom. The number of phenolic OH excluding ortho intramolecular Hbond substituents is 1. The summed E-state index contributed by atoms with van der Waals surface area (Å²) in [5.41, 5.74) is 16.4. The van der Waals surface area contributed by atoms with E-state index in [-0.39, 0.29) is 12.2 Å². The summed E-state index contributed by atoms with van der Waals surface area (Å²) in [6.45, 7) is 3.39. The van der Waals surface area contributed by atoms with Gasteiger partial charge in [0.05, 0.1) is 18.9 Å². The van der Waals surface area contributed by atoms with Crippen molar-refractivity contribution in [1.82, 2.24) is 16.0 Å². The van der Waals surface area contributed by atoms with E-state index in [4.69, 9.17) is 17.2 Å². The molecular formula is C23H34N6O8. The van der Waals surface area contributed by atoms with Crippen molar-refractivity contribution in [1.29, 1.82) is 0 Å². The summed E-state index contributed by atoms with van der Waals surface area (Å²) in [7, 11) is 0. The van der Waals surface area contributed by atoms with Crippen LogP contribution in [-0.4, -0.2) is 69.9 Å². The van der Waals surface area contributed by atoms with Crippen molar-refractivity contribution in [3.63, 3.8) is 0 Å². The minimum Gasteiger partial charge on any atom is -0.508 e. The van der Waals surface area contributed by atoms with Gasteiger partial charge in [0.2, 0.25) is 29.5 Å². The quantitative estimate of drug-likeness (QED) is 0.122. The number of hydrogen-bond donors (Lipinski definition) is 8. The first-order chi connectivity index (χ1) is 17.2. The van der Waals surface area contributed by atoms with Crippen LogP contribution in [0.2, 0.25) is 0 Å². The van der Waals surface area contributed by atoms with Crippen LogP contribution < -0.4 is 33.2 Å². The Kier molecular flexibility index (Phi) is 12.0. The third-order valence-corrected chi connectivity index (χ3v) is 5.58. The van der Waals surface area contributed by atoms with Crippen molar-refractivity contribution in [3.05, 3.63) is 29.8 Å². The van der Waals surface area contributed by atoms with Gasteiger partial charge in [-0.2, -0.15) is 0 Å². The van der Waals surface area contributed by atoms with Gasteiger partial charge in [0.15, 0.2) is 0 Å². The van der Waals surface area contributed by atoms with E-state index in [1.807, 2.05) is 0 Å². The molecule has 0 aliphatic heterocycles. The number of aliphatic carboxylic acids is 1. The van der Waals surface area contributed by atoms with Gasteiger partial charge >= 0.3 is 5.97 Å². The van der Waals surface area contributed by atoms with Crippen LogP contribution in [0.4, 0.5) is 0 Å². The maximum absolute atomic E-state index is 13.2. The highest BCUT2D eigenvalue weighted by atomic mass is 16.4. The molecule has 1 aromatic carbocycles. The van der Waals surface area contributed by atoms with Crippen LogP contribution in [0.5, 0.6) is 5.75 Å². The topological polar surface area (TPSA) is 257 Å². The van der Waals surface area contributed by atoms with Crippen LogP contribution in [0.25, 0.3) is 0 Å². The summed E-state index contributed by atoms with van der Waals surface area (Å²) >= 11 is 0. The van der Waals surface area contributed by atoms with Crippen molar-refractivity contribution in [2.45, 2.75) is 63.7 Å². The maximum Gasteiger partial charge on any atom is 0.326 e.